The normalized spacial score (nSPS) is 41.9. The molecular weight excluding hydrogens is 212 g/mol. The minimum absolute atomic E-state index is 0.187. The van der Waals surface area contributed by atoms with E-state index in [-0.39, 0.29) is 5.41 Å². The quantitative estimate of drug-likeness (QED) is 0.804. The Morgan fingerprint density at radius 2 is 1.53 bits per heavy atom. The highest BCUT2D eigenvalue weighted by atomic mass is 16.4. The molecule has 0 aromatic heterocycles. The van der Waals surface area contributed by atoms with E-state index in [1.54, 1.807) is 0 Å². The fourth-order valence-corrected chi connectivity index (χ4v) is 5.03. The van der Waals surface area contributed by atoms with Crippen molar-refractivity contribution in [2.24, 2.45) is 16.7 Å². The molecule has 1 N–H and O–H groups in total. The zero-order valence-corrected chi connectivity index (χ0v) is 10.7. The summed E-state index contributed by atoms with van der Waals surface area (Å²) in [7, 11) is 0. The van der Waals surface area contributed by atoms with Gasteiger partial charge in [-0.2, -0.15) is 0 Å². The van der Waals surface area contributed by atoms with Crippen LogP contribution in [0.25, 0.3) is 0 Å². The van der Waals surface area contributed by atoms with Crippen LogP contribution in [0.3, 0.4) is 0 Å². The lowest BCUT2D eigenvalue weighted by atomic mass is 9.49. The fraction of sp³-hybridized carbons (Fsp3) is 0.933. The Bertz CT molecular complexity index is 290. The number of hydrogen-bond donors (Lipinski definition) is 1. The van der Waals surface area contributed by atoms with Gasteiger partial charge < -0.3 is 5.11 Å². The Labute approximate surface area is 104 Å². The van der Waals surface area contributed by atoms with Crippen molar-refractivity contribution in [3.05, 3.63) is 0 Å². The van der Waals surface area contributed by atoms with Crippen LogP contribution in [-0.4, -0.2) is 11.1 Å². The van der Waals surface area contributed by atoms with Crippen molar-refractivity contribution in [1.82, 2.24) is 0 Å². The van der Waals surface area contributed by atoms with Crippen LogP contribution >= 0.6 is 0 Å². The van der Waals surface area contributed by atoms with Gasteiger partial charge in [-0.05, 0) is 68.1 Å². The smallest absolute Gasteiger partial charge is 0.303 e. The number of carboxylic acid groups (broad SMARTS) is 1. The number of carboxylic acids is 1. The molecule has 2 heteroatoms. The minimum atomic E-state index is -0.583. The first kappa shape index (κ1) is 11.6. The first-order chi connectivity index (χ1) is 8.14. The number of fused-ring (bicyclic) bond motifs is 3. The van der Waals surface area contributed by atoms with Crippen LogP contribution in [0.2, 0.25) is 0 Å². The topological polar surface area (TPSA) is 37.3 Å². The van der Waals surface area contributed by atoms with Gasteiger partial charge in [0.25, 0.3) is 0 Å². The van der Waals surface area contributed by atoms with Gasteiger partial charge in [-0.1, -0.05) is 12.8 Å². The monoisotopic (exact) mass is 236 g/mol. The van der Waals surface area contributed by atoms with Crippen molar-refractivity contribution in [3.63, 3.8) is 0 Å². The van der Waals surface area contributed by atoms with E-state index in [9.17, 15) is 4.79 Å². The van der Waals surface area contributed by atoms with E-state index in [0.717, 1.165) is 5.92 Å². The molecule has 4 fully saturated rings. The number of rotatable bonds is 3. The molecule has 2 nitrogen and oxygen atoms in total. The summed E-state index contributed by atoms with van der Waals surface area (Å²) in [5.41, 5.74) is 0.822. The summed E-state index contributed by atoms with van der Waals surface area (Å²) in [6.45, 7) is 0. The molecule has 0 amide bonds. The molecule has 96 valence electrons. The highest BCUT2D eigenvalue weighted by Crippen LogP contribution is 2.63. The molecule has 0 aromatic rings. The molecular formula is C15H24O2. The molecule has 17 heavy (non-hydrogen) atoms. The predicted molar refractivity (Wildman–Crippen MR) is 66.8 cm³/mol. The maximum atomic E-state index is 11.0. The summed E-state index contributed by atoms with van der Waals surface area (Å²) in [5, 5.41) is 9.06. The molecule has 0 unspecified atom stereocenters. The van der Waals surface area contributed by atoms with Crippen LogP contribution in [0.4, 0.5) is 0 Å². The second-order valence-electron chi connectivity index (χ2n) is 6.91. The standard InChI is InChI=1S/C15H24O2/c16-13(17)11-14-5-8-15(9-6-14,10-7-14)12-3-1-2-4-12/h12H,1-11H2,(H,16,17). The molecule has 0 aromatic carbocycles. The third kappa shape index (κ3) is 1.90. The van der Waals surface area contributed by atoms with Crippen molar-refractivity contribution in [1.29, 1.82) is 0 Å². The molecule has 0 radical (unpaired) electrons. The van der Waals surface area contributed by atoms with Gasteiger partial charge in [0.15, 0.2) is 0 Å². The van der Waals surface area contributed by atoms with Gasteiger partial charge in [-0.15, -0.1) is 0 Å². The summed E-state index contributed by atoms with van der Waals surface area (Å²) >= 11 is 0. The van der Waals surface area contributed by atoms with E-state index in [1.807, 2.05) is 0 Å². The van der Waals surface area contributed by atoms with Crippen molar-refractivity contribution >= 4 is 5.97 Å². The second kappa shape index (κ2) is 4.00. The van der Waals surface area contributed by atoms with Gasteiger partial charge in [0.05, 0.1) is 6.42 Å². The van der Waals surface area contributed by atoms with E-state index >= 15 is 0 Å². The van der Waals surface area contributed by atoms with Gasteiger partial charge in [-0.25, -0.2) is 0 Å². The first-order valence-corrected chi connectivity index (χ1v) is 7.36. The molecule has 0 heterocycles. The SMILES string of the molecule is O=C(O)CC12CCC(C3CCCC3)(CC1)CC2. The molecule has 0 aliphatic heterocycles. The van der Waals surface area contributed by atoms with Crippen LogP contribution < -0.4 is 0 Å². The average Bonchev–Trinajstić information content (AvgIpc) is 2.84. The van der Waals surface area contributed by atoms with Gasteiger partial charge in [0.1, 0.15) is 0 Å². The van der Waals surface area contributed by atoms with Crippen LogP contribution in [0, 0.1) is 16.7 Å². The average molecular weight is 236 g/mol. The zero-order valence-electron chi connectivity index (χ0n) is 10.7. The summed E-state index contributed by atoms with van der Waals surface area (Å²) in [6, 6.07) is 0. The maximum Gasteiger partial charge on any atom is 0.303 e. The van der Waals surface area contributed by atoms with Crippen LogP contribution in [0.15, 0.2) is 0 Å². The van der Waals surface area contributed by atoms with Gasteiger partial charge in [0, 0.05) is 0 Å². The van der Waals surface area contributed by atoms with Crippen molar-refractivity contribution in [3.8, 4) is 0 Å². The lowest BCUT2D eigenvalue weighted by molar-refractivity contribution is -0.144. The third-order valence-electron chi connectivity index (χ3n) is 6.21. The first-order valence-electron chi connectivity index (χ1n) is 7.36. The Morgan fingerprint density at radius 3 is 2.00 bits per heavy atom. The molecule has 4 saturated carbocycles. The molecule has 4 aliphatic carbocycles. The molecule has 2 bridgehead atoms. The van der Waals surface area contributed by atoms with E-state index in [0.29, 0.717) is 11.8 Å². The van der Waals surface area contributed by atoms with Crippen LogP contribution in [0.5, 0.6) is 0 Å². The Kier molecular flexibility index (Phi) is 2.72. The Hall–Kier alpha value is -0.530. The van der Waals surface area contributed by atoms with Crippen molar-refractivity contribution < 1.29 is 9.90 Å². The van der Waals surface area contributed by atoms with Gasteiger partial charge in [-0.3, -0.25) is 4.79 Å². The van der Waals surface area contributed by atoms with Crippen molar-refractivity contribution in [2.75, 3.05) is 0 Å². The minimum Gasteiger partial charge on any atom is -0.481 e. The lowest BCUT2D eigenvalue weighted by Crippen LogP contribution is -2.45. The van der Waals surface area contributed by atoms with E-state index < -0.39 is 5.97 Å². The maximum absolute atomic E-state index is 11.0. The van der Waals surface area contributed by atoms with Crippen LogP contribution in [-0.2, 0) is 4.79 Å². The summed E-state index contributed by atoms with van der Waals surface area (Å²) < 4.78 is 0. The fourth-order valence-electron chi connectivity index (χ4n) is 5.03. The summed E-state index contributed by atoms with van der Waals surface area (Å²) in [5.74, 6) is 0.394. The Balaban J connectivity index is 1.70. The summed E-state index contributed by atoms with van der Waals surface area (Å²) in [4.78, 5) is 11.0. The zero-order chi connectivity index (χ0) is 11.9. The van der Waals surface area contributed by atoms with E-state index in [2.05, 4.69) is 0 Å². The molecule has 0 spiro atoms. The highest BCUT2D eigenvalue weighted by Gasteiger charge is 2.52. The third-order valence-corrected chi connectivity index (χ3v) is 6.21. The molecule has 0 saturated heterocycles. The summed E-state index contributed by atoms with van der Waals surface area (Å²) in [6.07, 6.45) is 13.7. The molecule has 0 atom stereocenters. The lowest BCUT2D eigenvalue weighted by Gasteiger charge is -2.56. The Morgan fingerprint density at radius 1 is 1.00 bits per heavy atom. The van der Waals surface area contributed by atoms with E-state index in [4.69, 9.17) is 5.11 Å². The number of carbonyl (C=O) groups is 1. The van der Waals surface area contributed by atoms with Crippen molar-refractivity contribution in [2.45, 2.75) is 70.6 Å². The highest BCUT2D eigenvalue weighted by molar-refractivity contribution is 5.67. The largest absolute Gasteiger partial charge is 0.481 e. The number of hydrogen-bond acceptors (Lipinski definition) is 1. The number of aliphatic carboxylic acids is 1. The molecule has 4 aliphatic rings. The molecule has 4 rings (SSSR count). The second-order valence-corrected chi connectivity index (χ2v) is 6.91. The predicted octanol–water partition coefficient (Wildman–Crippen LogP) is 3.99. The van der Waals surface area contributed by atoms with Gasteiger partial charge in [0.2, 0.25) is 0 Å². The van der Waals surface area contributed by atoms with Crippen LogP contribution in [0.1, 0.15) is 70.6 Å². The van der Waals surface area contributed by atoms with Gasteiger partial charge >= 0.3 is 5.97 Å². The van der Waals surface area contributed by atoms with E-state index in [1.165, 1.54) is 64.2 Å².